The Morgan fingerprint density at radius 3 is 2.87 bits per heavy atom. The number of phenols is 1. The van der Waals surface area contributed by atoms with Gasteiger partial charge in [-0.1, -0.05) is 0 Å². The molecule has 3 heteroatoms. The van der Waals surface area contributed by atoms with E-state index in [-0.39, 0.29) is 11.9 Å². The van der Waals surface area contributed by atoms with E-state index in [4.69, 9.17) is 4.74 Å². The summed E-state index contributed by atoms with van der Waals surface area (Å²) in [4.78, 5) is 0. The number of phenolic OH excluding ortho intramolecular Hbond substituents is 1. The van der Waals surface area contributed by atoms with Crippen LogP contribution in [0.5, 0.6) is 11.5 Å². The van der Waals surface area contributed by atoms with E-state index in [0.717, 1.165) is 17.7 Å². The van der Waals surface area contributed by atoms with Crippen molar-refractivity contribution in [2.24, 2.45) is 0 Å². The molecule has 1 aromatic rings. The topological polar surface area (TPSA) is 49.7 Å². The summed E-state index contributed by atoms with van der Waals surface area (Å²) in [5.41, 5.74) is 0.304. The van der Waals surface area contributed by atoms with E-state index in [1.54, 1.807) is 32.0 Å². The molecule has 0 aromatic heterocycles. The predicted octanol–water partition coefficient (Wildman–Crippen LogP) is 1.86. The third-order valence-corrected chi connectivity index (χ3v) is 2.51. The van der Waals surface area contributed by atoms with Gasteiger partial charge in [0.25, 0.3) is 0 Å². The molecule has 1 atom stereocenters. The van der Waals surface area contributed by atoms with Crippen molar-refractivity contribution >= 4 is 0 Å². The van der Waals surface area contributed by atoms with Gasteiger partial charge in [0, 0.05) is 18.4 Å². The van der Waals surface area contributed by atoms with Gasteiger partial charge in [-0.25, -0.2) is 0 Å². The fourth-order valence-electron chi connectivity index (χ4n) is 1.98. The first kappa shape index (κ1) is 10.3. The molecule has 82 valence electrons. The lowest BCUT2D eigenvalue weighted by Crippen LogP contribution is -2.28. The molecule has 0 aliphatic carbocycles. The number of hydrogen-bond donors (Lipinski definition) is 2. The van der Waals surface area contributed by atoms with Crippen LogP contribution >= 0.6 is 0 Å². The highest BCUT2D eigenvalue weighted by Crippen LogP contribution is 2.33. The van der Waals surface area contributed by atoms with Gasteiger partial charge in [-0.05, 0) is 32.0 Å². The molecule has 0 radical (unpaired) electrons. The van der Waals surface area contributed by atoms with Crippen LogP contribution in [0.15, 0.2) is 18.2 Å². The highest BCUT2D eigenvalue weighted by molar-refractivity contribution is 5.42. The summed E-state index contributed by atoms with van der Waals surface area (Å²) in [6.07, 6.45) is 1.37. The molecule has 0 amide bonds. The summed E-state index contributed by atoms with van der Waals surface area (Å²) < 4.78 is 5.67. The zero-order chi connectivity index (χ0) is 11.1. The SMILES string of the molecule is CC(C)(O)CC1Cc2cc(O)ccc2O1. The monoisotopic (exact) mass is 208 g/mol. The van der Waals surface area contributed by atoms with Crippen LogP contribution in [0.2, 0.25) is 0 Å². The number of rotatable bonds is 2. The molecule has 1 unspecified atom stereocenters. The Labute approximate surface area is 89.3 Å². The van der Waals surface area contributed by atoms with Gasteiger partial charge in [-0.2, -0.15) is 0 Å². The van der Waals surface area contributed by atoms with E-state index >= 15 is 0 Å². The number of aliphatic hydroxyl groups is 1. The van der Waals surface area contributed by atoms with E-state index in [9.17, 15) is 10.2 Å². The van der Waals surface area contributed by atoms with Crippen molar-refractivity contribution in [3.63, 3.8) is 0 Å². The molecule has 3 nitrogen and oxygen atoms in total. The summed E-state index contributed by atoms with van der Waals surface area (Å²) in [6, 6.07) is 5.11. The van der Waals surface area contributed by atoms with Crippen molar-refractivity contribution in [1.82, 2.24) is 0 Å². The van der Waals surface area contributed by atoms with Crippen LogP contribution < -0.4 is 4.74 Å². The van der Waals surface area contributed by atoms with Crippen LogP contribution in [-0.4, -0.2) is 21.9 Å². The van der Waals surface area contributed by atoms with Crippen molar-refractivity contribution in [2.45, 2.75) is 38.4 Å². The second-order valence-corrected chi connectivity index (χ2v) is 4.75. The molecular formula is C12H16O3. The zero-order valence-electron chi connectivity index (χ0n) is 9.03. The number of hydrogen-bond acceptors (Lipinski definition) is 3. The Kier molecular flexibility index (Phi) is 2.35. The smallest absolute Gasteiger partial charge is 0.123 e. The first-order valence-corrected chi connectivity index (χ1v) is 5.15. The average molecular weight is 208 g/mol. The van der Waals surface area contributed by atoms with E-state index < -0.39 is 5.60 Å². The van der Waals surface area contributed by atoms with Crippen LogP contribution in [0.1, 0.15) is 25.8 Å². The number of benzene rings is 1. The maximum atomic E-state index is 9.68. The van der Waals surface area contributed by atoms with Gasteiger partial charge in [0.2, 0.25) is 0 Å². The molecular weight excluding hydrogens is 192 g/mol. The molecule has 15 heavy (non-hydrogen) atoms. The van der Waals surface area contributed by atoms with E-state index in [1.807, 2.05) is 0 Å². The highest BCUT2D eigenvalue weighted by Gasteiger charge is 2.28. The predicted molar refractivity (Wildman–Crippen MR) is 57.1 cm³/mol. The number of ether oxygens (including phenoxy) is 1. The zero-order valence-corrected chi connectivity index (χ0v) is 9.03. The average Bonchev–Trinajstić information content (AvgIpc) is 2.42. The van der Waals surface area contributed by atoms with Crippen LogP contribution in [0.25, 0.3) is 0 Å². The summed E-state index contributed by atoms with van der Waals surface area (Å²) in [6.45, 7) is 3.55. The maximum absolute atomic E-state index is 9.68. The van der Waals surface area contributed by atoms with Crippen LogP contribution in [0.3, 0.4) is 0 Å². The summed E-state index contributed by atoms with van der Waals surface area (Å²) in [5, 5.41) is 19.0. The molecule has 1 aliphatic rings. The second-order valence-electron chi connectivity index (χ2n) is 4.75. The molecule has 0 saturated heterocycles. The normalized spacial score (nSPS) is 19.8. The van der Waals surface area contributed by atoms with Crippen LogP contribution in [0.4, 0.5) is 0 Å². The molecule has 0 fully saturated rings. The lowest BCUT2D eigenvalue weighted by atomic mass is 9.98. The minimum absolute atomic E-state index is 0.0156. The Morgan fingerprint density at radius 1 is 1.47 bits per heavy atom. The largest absolute Gasteiger partial charge is 0.508 e. The standard InChI is InChI=1S/C12H16O3/c1-12(2,14)7-10-6-8-5-9(13)3-4-11(8)15-10/h3-5,10,13-14H,6-7H2,1-2H3. The molecule has 1 aliphatic heterocycles. The third kappa shape index (κ3) is 2.42. The Morgan fingerprint density at radius 2 is 2.20 bits per heavy atom. The van der Waals surface area contributed by atoms with Crippen molar-refractivity contribution in [3.8, 4) is 11.5 Å². The fourth-order valence-corrected chi connectivity index (χ4v) is 1.98. The summed E-state index contributed by atoms with van der Waals surface area (Å²) in [5.74, 6) is 1.09. The molecule has 1 heterocycles. The Hall–Kier alpha value is -1.22. The van der Waals surface area contributed by atoms with E-state index in [2.05, 4.69) is 0 Å². The molecule has 0 spiro atoms. The van der Waals surface area contributed by atoms with Gasteiger partial charge in [-0.15, -0.1) is 0 Å². The number of aromatic hydroxyl groups is 1. The van der Waals surface area contributed by atoms with Crippen molar-refractivity contribution in [1.29, 1.82) is 0 Å². The lowest BCUT2D eigenvalue weighted by molar-refractivity contribution is 0.0333. The van der Waals surface area contributed by atoms with Gasteiger partial charge < -0.3 is 14.9 Å². The molecule has 0 saturated carbocycles. The van der Waals surface area contributed by atoms with Gasteiger partial charge in [0.05, 0.1) is 5.60 Å². The van der Waals surface area contributed by atoms with Gasteiger partial charge in [0.1, 0.15) is 17.6 Å². The first-order valence-electron chi connectivity index (χ1n) is 5.15. The first-order chi connectivity index (χ1) is 6.94. The van der Waals surface area contributed by atoms with E-state index in [0.29, 0.717) is 6.42 Å². The summed E-state index contributed by atoms with van der Waals surface area (Å²) >= 11 is 0. The van der Waals surface area contributed by atoms with Crippen molar-refractivity contribution < 1.29 is 14.9 Å². The Bertz CT molecular complexity index is 366. The van der Waals surface area contributed by atoms with Gasteiger partial charge in [-0.3, -0.25) is 0 Å². The maximum Gasteiger partial charge on any atom is 0.123 e. The second kappa shape index (κ2) is 3.42. The lowest BCUT2D eigenvalue weighted by Gasteiger charge is -2.21. The van der Waals surface area contributed by atoms with Crippen molar-refractivity contribution in [2.75, 3.05) is 0 Å². The van der Waals surface area contributed by atoms with Crippen LogP contribution in [-0.2, 0) is 6.42 Å². The third-order valence-electron chi connectivity index (χ3n) is 2.51. The number of fused-ring (bicyclic) bond motifs is 1. The minimum Gasteiger partial charge on any atom is -0.508 e. The molecule has 2 N–H and O–H groups in total. The van der Waals surface area contributed by atoms with Gasteiger partial charge >= 0.3 is 0 Å². The quantitative estimate of drug-likeness (QED) is 0.780. The highest BCUT2D eigenvalue weighted by atomic mass is 16.5. The van der Waals surface area contributed by atoms with Gasteiger partial charge in [0.15, 0.2) is 0 Å². The molecule has 1 aromatic carbocycles. The minimum atomic E-state index is -0.714. The van der Waals surface area contributed by atoms with Crippen molar-refractivity contribution in [3.05, 3.63) is 23.8 Å². The Balaban J connectivity index is 2.09. The summed E-state index contributed by atoms with van der Waals surface area (Å²) in [7, 11) is 0. The molecule has 0 bridgehead atoms. The molecule has 2 rings (SSSR count). The fraction of sp³-hybridized carbons (Fsp3) is 0.500. The van der Waals surface area contributed by atoms with Crippen LogP contribution in [0, 0.1) is 0 Å². The van der Waals surface area contributed by atoms with E-state index in [1.165, 1.54) is 0 Å².